The van der Waals surface area contributed by atoms with Gasteiger partial charge in [-0.1, -0.05) is 12.1 Å². The van der Waals surface area contributed by atoms with Crippen molar-refractivity contribution in [3.05, 3.63) is 59.6 Å². The third kappa shape index (κ3) is 3.94. The Kier molecular flexibility index (Phi) is 5.44. The fraction of sp³-hybridized carbons (Fsp3) is 0.250. The van der Waals surface area contributed by atoms with Gasteiger partial charge in [-0.3, -0.25) is 0 Å². The van der Waals surface area contributed by atoms with Crippen molar-refractivity contribution in [2.75, 3.05) is 13.7 Å². The summed E-state index contributed by atoms with van der Waals surface area (Å²) in [5.74, 6) is 1.18. The lowest BCUT2D eigenvalue weighted by Gasteiger charge is -2.23. The average molecular weight is 435 g/mol. The van der Waals surface area contributed by atoms with Gasteiger partial charge >= 0.3 is 5.97 Å². The molecule has 2 aromatic carbocycles. The summed E-state index contributed by atoms with van der Waals surface area (Å²) in [6, 6.07) is 11.8. The van der Waals surface area contributed by atoms with Gasteiger partial charge in [0.2, 0.25) is 0 Å². The number of thiophene rings is 1. The van der Waals surface area contributed by atoms with Gasteiger partial charge in [-0.2, -0.15) is 5.10 Å². The summed E-state index contributed by atoms with van der Waals surface area (Å²) in [4.78, 5) is 11.2. The van der Waals surface area contributed by atoms with Gasteiger partial charge in [0.1, 0.15) is 11.5 Å². The zero-order chi connectivity index (χ0) is 21.2. The maximum atomic E-state index is 11.2. The van der Waals surface area contributed by atoms with Crippen molar-refractivity contribution in [3.8, 4) is 11.5 Å². The first-order chi connectivity index (χ1) is 15.2. The smallest absolute Gasteiger partial charge is 0.330 e. The Morgan fingerprint density at radius 2 is 2.06 bits per heavy atom. The number of carbonyl (C=O) groups is 1. The molecule has 4 aromatic rings. The van der Waals surface area contributed by atoms with Crippen LogP contribution in [0.4, 0.5) is 0 Å². The Labute approximate surface area is 183 Å². The Hall–Kier alpha value is -3.16. The molecule has 2 aromatic heterocycles. The number of carbonyl (C=O) groups excluding carboxylic acids is 1. The quantitative estimate of drug-likeness (QED) is 0.288. The highest BCUT2D eigenvalue weighted by Crippen LogP contribution is 2.40. The van der Waals surface area contributed by atoms with Crippen LogP contribution < -0.4 is 4.74 Å². The summed E-state index contributed by atoms with van der Waals surface area (Å²) in [6.07, 6.45) is 8.34. The van der Waals surface area contributed by atoms with E-state index < -0.39 is 0 Å². The molecule has 1 aliphatic heterocycles. The van der Waals surface area contributed by atoms with Gasteiger partial charge in [0.25, 0.3) is 0 Å². The first-order valence-corrected chi connectivity index (χ1v) is 11.1. The minimum absolute atomic E-state index is 0.0196. The predicted octanol–water partition coefficient (Wildman–Crippen LogP) is 5.93. The number of nitrogens with zero attached hydrogens (tertiary/aromatic N) is 2. The largest absolute Gasteiger partial charge is 0.466 e. The average Bonchev–Trinajstić information content (AvgIpc) is 3.43. The van der Waals surface area contributed by atoms with Crippen LogP contribution in [-0.2, 0) is 14.3 Å². The van der Waals surface area contributed by atoms with E-state index in [4.69, 9.17) is 9.47 Å². The van der Waals surface area contributed by atoms with Gasteiger partial charge in [-0.15, -0.1) is 11.3 Å². The number of ether oxygens (including phenoxy) is 3. The second-order valence-electron chi connectivity index (χ2n) is 7.41. The van der Waals surface area contributed by atoms with Crippen LogP contribution in [0, 0.1) is 0 Å². The molecule has 7 heteroatoms. The Morgan fingerprint density at radius 1 is 1.19 bits per heavy atom. The molecule has 0 radical (unpaired) electrons. The Morgan fingerprint density at radius 3 is 2.84 bits per heavy atom. The maximum Gasteiger partial charge on any atom is 0.330 e. The molecule has 6 nitrogen and oxygen atoms in total. The topological polar surface area (TPSA) is 62.6 Å². The molecule has 0 N–H and O–H groups in total. The number of benzene rings is 2. The molecule has 0 bridgehead atoms. The number of hydrogen-bond acceptors (Lipinski definition) is 6. The molecule has 1 saturated heterocycles. The molecular weight excluding hydrogens is 412 g/mol. The Balaban J connectivity index is 1.40. The number of fused-ring (bicyclic) bond motifs is 3. The van der Waals surface area contributed by atoms with Gasteiger partial charge in [-0.25, -0.2) is 9.48 Å². The summed E-state index contributed by atoms with van der Waals surface area (Å²) in [7, 11) is 1.36. The number of rotatable bonds is 5. The molecule has 1 atom stereocenters. The lowest BCUT2D eigenvalue weighted by atomic mass is 10.1. The second kappa shape index (κ2) is 8.53. The van der Waals surface area contributed by atoms with Gasteiger partial charge < -0.3 is 14.2 Å². The number of methoxy groups -OCH3 is 1. The molecule has 1 aliphatic rings. The lowest BCUT2D eigenvalue weighted by Crippen LogP contribution is -2.18. The van der Waals surface area contributed by atoms with Crippen LogP contribution >= 0.6 is 11.3 Å². The molecule has 31 heavy (non-hydrogen) atoms. The fourth-order valence-corrected chi connectivity index (χ4v) is 4.80. The van der Waals surface area contributed by atoms with E-state index in [2.05, 4.69) is 22.0 Å². The van der Waals surface area contributed by atoms with Crippen LogP contribution in [0.3, 0.4) is 0 Å². The zero-order valence-electron chi connectivity index (χ0n) is 17.1. The molecule has 3 heterocycles. The number of hydrogen-bond donors (Lipinski definition) is 0. The fourth-order valence-electron chi connectivity index (χ4n) is 3.82. The van der Waals surface area contributed by atoms with Crippen molar-refractivity contribution in [1.82, 2.24) is 9.78 Å². The molecular formula is C24H22N2O4S. The van der Waals surface area contributed by atoms with Crippen LogP contribution in [0.2, 0.25) is 0 Å². The second-order valence-corrected chi connectivity index (χ2v) is 8.29. The van der Waals surface area contributed by atoms with E-state index in [1.165, 1.54) is 19.6 Å². The molecule has 0 aliphatic carbocycles. The predicted molar refractivity (Wildman–Crippen MR) is 122 cm³/mol. The first kappa shape index (κ1) is 19.8. The molecule has 5 rings (SSSR count). The van der Waals surface area contributed by atoms with Crippen LogP contribution in [-0.4, -0.2) is 29.5 Å². The summed E-state index contributed by atoms with van der Waals surface area (Å²) in [6.45, 7) is 0.794. The first-order valence-electron chi connectivity index (χ1n) is 10.3. The van der Waals surface area contributed by atoms with Gasteiger partial charge in [-0.05, 0) is 55.2 Å². The van der Waals surface area contributed by atoms with E-state index in [1.807, 2.05) is 40.5 Å². The summed E-state index contributed by atoms with van der Waals surface area (Å²) >= 11 is 1.66. The highest BCUT2D eigenvalue weighted by molar-refractivity contribution is 7.18. The minimum Gasteiger partial charge on any atom is -0.466 e. The van der Waals surface area contributed by atoms with Crippen LogP contribution in [0.25, 0.3) is 27.1 Å². The molecule has 1 fully saturated rings. The Bertz CT molecular complexity index is 1250. The molecule has 0 saturated carbocycles. The molecule has 158 valence electrons. The summed E-state index contributed by atoms with van der Waals surface area (Å²) in [5, 5.41) is 8.84. The normalized spacial score (nSPS) is 16.9. The van der Waals surface area contributed by atoms with E-state index in [0.29, 0.717) is 0 Å². The number of esters is 1. The SMILES string of the molecule is COC(=O)C=Cc1ccc(Oc2csc3c2ccc2c3cnn2C2CCCCO2)cc1. The van der Waals surface area contributed by atoms with Gasteiger partial charge in [0.15, 0.2) is 6.23 Å². The molecule has 1 unspecified atom stereocenters. The van der Waals surface area contributed by atoms with Crippen LogP contribution in [0.15, 0.2) is 54.1 Å². The number of aromatic nitrogens is 2. The van der Waals surface area contributed by atoms with Crippen LogP contribution in [0.5, 0.6) is 11.5 Å². The van der Waals surface area contributed by atoms with Crippen molar-refractivity contribution < 1.29 is 19.0 Å². The van der Waals surface area contributed by atoms with E-state index >= 15 is 0 Å². The van der Waals surface area contributed by atoms with E-state index in [1.54, 1.807) is 17.4 Å². The van der Waals surface area contributed by atoms with E-state index in [9.17, 15) is 4.79 Å². The minimum atomic E-state index is -0.380. The van der Waals surface area contributed by atoms with Crippen molar-refractivity contribution in [2.24, 2.45) is 0 Å². The summed E-state index contributed by atoms with van der Waals surface area (Å²) < 4.78 is 19.8. The zero-order valence-corrected chi connectivity index (χ0v) is 17.9. The van der Waals surface area contributed by atoms with Gasteiger partial charge in [0, 0.05) is 33.5 Å². The van der Waals surface area contributed by atoms with Gasteiger partial charge in [0.05, 0.1) is 18.8 Å². The van der Waals surface area contributed by atoms with Crippen molar-refractivity contribution in [3.63, 3.8) is 0 Å². The molecule has 0 amide bonds. The van der Waals surface area contributed by atoms with Crippen LogP contribution in [0.1, 0.15) is 31.1 Å². The highest BCUT2D eigenvalue weighted by atomic mass is 32.1. The third-order valence-corrected chi connectivity index (χ3v) is 6.44. The lowest BCUT2D eigenvalue weighted by molar-refractivity contribution is -0.134. The third-order valence-electron chi connectivity index (χ3n) is 5.43. The maximum absolute atomic E-state index is 11.2. The van der Waals surface area contributed by atoms with Crippen molar-refractivity contribution >= 4 is 44.4 Å². The van der Waals surface area contributed by atoms with Crippen molar-refractivity contribution in [1.29, 1.82) is 0 Å². The van der Waals surface area contributed by atoms with E-state index in [0.717, 1.165) is 57.5 Å². The molecule has 0 spiro atoms. The van der Waals surface area contributed by atoms with E-state index in [-0.39, 0.29) is 12.2 Å². The summed E-state index contributed by atoms with van der Waals surface area (Å²) in [5.41, 5.74) is 1.99. The monoisotopic (exact) mass is 434 g/mol. The standard InChI is InChI=1S/C24H22N2O4S/c1-28-23(27)12-7-16-5-8-17(9-6-16)30-21-15-31-24-18(21)10-11-20-19(24)14-25-26(20)22-4-2-3-13-29-22/h5-12,14-15,22H,2-4,13H2,1H3. The highest BCUT2D eigenvalue weighted by Gasteiger charge is 2.20. The van der Waals surface area contributed by atoms with Crippen molar-refractivity contribution in [2.45, 2.75) is 25.5 Å².